The molecule has 0 aromatic carbocycles. The average Bonchev–Trinajstić information content (AvgIpc) is 2.55. The molecule has 2 rings (SSSR count). The van der Waals surface area contributed by atoms with E-state index in [-0.39, 0.29) is 5.69 Å². The van der Waals surface area contributed by atoms with Crippen molar-refractivity contribution < 1.29 is 9.90 Å². The van der Waals surface area contributed by atoms with Gasteiger partial charge in [0.2, 0.25) is 0 Å². The topological polar surface area (TPSA) is 69.2 Å². The van der Waals surface area contributed by atoms with Crippen LogP contribution in [0, 0.1) is 0 Å². The van der Waals surface area contributed by atoms with Crippen LogP contribution in [0.15, 0.2) is 6.20 Å². The first-order chi connectivity index (χ1) is 7.77. The number of hydrogen-bond donors (Lipinski definition) is 2. The zero-order chi connectivity index (χ0) is 11.4. The van der Waals surface area contributed by atoms with Crippen molar-refractivity contribution in [3.05, 3.63) is 17.5 Å². The van der Waals surface area contributed by atoms with E-state index in [1.807, 2.05) is 0 Å². The van der Waals surface area contributed by atoms with E-state index in [1.165, 1.54) is 25.7 Å². The number of carboxylic acids is 1. The molecule has 16 heavy (non-hydrogen) atoms. The maximum atomic E-state index is 10.9. The number of carboxylic acid groups (broad SMARTS) is 1. The van der Waals surface area contributed by atoms with Crippen LogP contribution in [0.3, 0.4) is 0 Å². The van der Waals surface area contributed by atoms with Gasteiger partial charge in [0.15, 0.2) is 0 Å². The maximum absolute atomic E-state index is 10.9. The molecule has 0 atom stereocenters. The second-order valence-corrected chi connectivity index (χ2v) is 4.27. The Morgan fingerprint density at radius 3 is 2.69 bits per heavy atom. The Balaban J connectivity index is 2.01. The molecule has 1 aliphatic heterocycles. The Kier molecular flexibility index (Phi) is 3.56. The van der Waals surface area contributed by atoms with Crippen molar-refractivity contribution in [2.24, 2.45) is 0 Å². The van der Waals surface area contributed by atoms with Crippen molar-refractivity contribution >= 4 is 5.97 Å². The van der Waals surface area contributed by atoms with Gasteiger partial charge in [-0.15, -0.1) is 0 Å². The fraction of sp³-hybridized carbons (Fsp3) is 0.636. The molecule has 1 fully saturated rings. The molecule has 0 spiro atoms. The Labute approximate surface area is 94.5 Å². The monoisotopic (exact) mass is 223 g/mol. The van der Waals surface area contributed by atoms with Crippen molar-refractivity contribution in [3.8, 4) is 0 Å². The first kappa shape index (κ1) is 11.1. The lowest BCUT2D eigenvalue weighted by atomic mass is 10.2. The highest BCUT2D eigenvalue weighted by molar-refractivity contribution is 5.86. The third kappa shape index (κ3) is 2.61. The fourth-order valence-electron chi connectivity index (χ4n) is 2.15. The normalized spacial score (nSPS) is 18.2. The molecule has 5 heteroatoms. The summed E-state index contributed by atoms with van der Waals surface area (Å²) in [6, 6.07) is 0. The van der Waals surface area contributed by atoms with Crippen LogP contribution in [0.25, 0.3) is 0 Å². The number of likely N-dealkylation sites (tertiary alicyclic amines) is 1. The summed E-state index contributed by atoms with van der Waals surface area (Å²) in [5.74, 6) is -0.928. The van der Waals surface area contributed by atoms with Gasteiger partial charge < -0.3 is 5.11 Å². The van der Waals surface area contributed by atoms with Gasteiger partial charge in [-0.1, -0.05) is 12.8 Å². The highest BCUT2D eigenvalue weighted by Crippen LogP contribution is 2.14. The van der Waals surface area contributed by atoms with E-state index in [9.17, 15) is 4.79 Å². The van der Waals surface area contributed by atoms with Gasteiger partial charge >= 0.3 is 5.97 Å². The minimum Gasteiger partial charge on any atom is -0.477 e. The number of aromatic amines is 1. The minimum atomic E-state index is -0.928. The molecule has 2 N–H and O–H groups in total. The Hall–Kier alpha value is -1.36. The summed E-state index contributed by atoms with van der Waals surface area (Å²) < 4.78 is 0. The molecule has 0 saturated carbocycles. The van der Waals surface area contributed by atoms with Crippen molar-refractivity contribution in [1.29, 1.82) is 0 Å². The van der Waals surface area contributed by atoms with Crippen molar-refractivity contribution in [2.45, 2.75) is 32.2 Å². The maximum Gasteiger partial charge on any atom is 0.354 e. The molecule has 2 heterocycles. The summed E-state index contributed by atoms with van der Waals surface area (Å²) >= 11 is 0. The Morgan fingerprint density at radius 1 is 1.38 bits per heavy atom. The SMILES string of the molecule is O=C(O)c1[nH]ncc1CN1CCCCCC1. The number of nitrogens with zero attached hydrogens (tertiary/aromatic N) is 2. The largest absolute Gasteiger partial charge is 0.477 e. The van der Waals surface area contributed by atoms with Crippen LogP contribution < -0.4 is 0 Å². The van der Waals surface area contributed by atoms with Crippen molar-refractivity contribution in [2.75, 3.05) is 13.1 Å². The predicted octanol–water partition coefficient (Wildman–Crippen LogP) is 1.48. The van der Waals surface area contributed by atoms with E-state index in [1.54, 1.807) is 6.20 Å². The van der Waals surface area contributed by atoms with E-state index >= 15 is 0 Å². The highest BCUT2D eigenvalue weighted by Gasteiger charge is 2.16. The summed E-state index contributed by atoms with van der Waals surface area (Å²) in [7, 11) is 0. The van der Waals surface area contributed by atoms with E-state index in [0.29, 0.717) is 6.54 Å². The Bertz CT molecular complexity index is 354. The van der Waals surface area contributed by atoms with E-state index in [4.69, 9.17) is 5.11 Å². The molecule has 0 amide bonds. The number of hydrogen-bond acceptors (Lipinski definition) is 3. The zero-order valence-electron chi connectivity index (χ0n) is 9.28. The second kappa shape index (κ2) is 5.12. The lowest BCUT2D eigenvalue weighted by molar-refractivity contribution is 0.0688. The van der Waals surface area contributed by atoms with Gasteiger partial charge in [-0.2, -0.15) is 5.10 Å². The summed E-state index contributed by atoms with van der Waals surface area (Å²) in [6.45, 7) is 2.81. The van der Waals surface area contributed by atoms with Gasteiger partial charge in [0.05, 0.1) is 6.20 Å². The quantitative estimate of drug-likeness (QED) is 0.814. The number of aromatic nitrogens is 2. The molecule has 1 aromatic heterocycles. The van der Waals surface area contributed by atoms with Crippen molar-refractivity contribution in [3.63, 3.8) is 0 Å². The smallest absolute Gasteiger partial charge is 0.354 e. The van der Waals surface area contributed by atoms with Crippen molar-refractivity contribution in [1.82, 2.24) is 15.1 Å². The molecule has 0 aliphatic carbocycles. The van der Waals surface area contributed by atoms with Crippen LogP contribution >= 0.6 is 0 Å². The van der Waals surface area contributed by atoms with E-state index in [0.717, 1.165) is 18.7 Å². The molecule has 0 radical (unpaired) electrons. The van der Waals surface area contributed by atoms with Gasteiger partial charge in [-0.25, -0.2) is 4.79 Å². The number of aromatic carboxylic acids is 1. The summed E-state index contributed by atoms with van der Waals surface area (Å²) in [5.41, 5.74) is 1.01. The molecular weight excluding hydrogens is 206 g/mol. The average molecular weight is 223 g/mol. The molecule has 88 valence electrons. The zero-order valence-corrected chi connectivity index (χ0v) is 9.28. The van der Waals surface area contributed by atoms with Crippen LogP contribution in [0.5, 0.6) is 0 Å². The van der Waals surface area contributed by atoms with E-state index < -0.39 is 5.97 Å². The molecule has 5 nitrogen and oxygen atoms in total. The first-order valence-corrected chi connectivity index (χ1v) is 5.75. The van der Waals surface area contributed by atoms with Crippen LogP contribution in [0.2, 0.25) is 0 Å². The number of nitrogens with one attached hydrogen (secondary N) is 1. The summed E-state index contributed by atoms with van der Waals surface area (Å²) in [5, 5.41) is 15.3. The van der Waals surface area contributed by atoms with Crippen LogP contribution in [0.4, 0.5) is 0 Å². The second-order valence-electron chi connectivity index (χ2n) is 4.27. The standard InChI is InChI=1S/C11H17N3O2/c15-11(16)10-9(7-12-13-10)8-14-5-3-1-2-4-6-14/h7H,1-6,8H2,(H,12,13)(H,15,16). The molecule has 1 aromatic rings. The summed E-state index contributed by atoms with van der Waals surface area (Å²) in [4.78, 5) is 13.2. The van der Waals surface area contributed by atoms with E-state index in [2.05, 4.69) is 15.1 Å². The van der Waals surface area contributed by atoms with Crippen LogP contribution in [0.1, 0.15) is 41.7 Å². The summed E-state index contributed by atoms with van der Waals surface area (Å²) in [6.07, 6.45) is 6.61. The van der Waals surface area contributed by atoms with Crippen LogP contribution in [-0.4, -0.2) is 39.3 Å². The fourth-order valence-corrected chi connectivity index (χ4v) is 2.15. The molecule has 0 unspecified atom stereocenters. The first-order valence-electron chi connectivity index (χ1n) is 5.75. The van der Waals surface area contributed by atoms with Gasteiger partial charge in [0.1, 0.15) is 5.69 Å². The van der Waals surface area contributed by atoms with Gasteiger partial charge in [0.25, 0.3) is 0 Å². The third-order valence-electron chi connectivity index (χ3n) is 3.02. The predicted molar refractivity (Wildman–Crippen MR) is 59.3 cm³/mol. The molecular formula is C11H17N3O2. The van der Waals surface area contributed by atoms with Gasteiger partial charge in [-0.05, 0) is 25.9 Å². The number of carbonyl (C=O) groups is 1. The number of rotatable bonds is 3. The molecule has 0 bridgehead atoms. The molecule has 1 saturated heterocycles. The van der Waals surface area contributed by atoms with Crippen LogP contribution in [-0.2, 0) is 6.54 Å². The van der Waals surface area contributed by atoms with Gasteiger partial charge in [-0.3, -0.25) is 10.00 Å². The van der Waals surface area contributed by atoms with Gasteiger partial charge in [0, 0.05) is 12.1 Å². The third-order valence-corrected chi connectivity index (χ3v) is 3.02. The highest BCUT2D eigenvalue weighted by atomic mass is 16.4. The lowest BCUT2D eigenvalue weighted by Gasteiger charge is -2.18. The number of H-pyrrole nitrogens is 1. The molecule has 1 aliphatic rings. The lowest BCUT2D eigenvalue weighted by Crippen LogP contribution is -2.24. The Morgan fingerprint density at radius 2 is 2.06 bits per heavy atom. The minimum absolute atomic E-state index is 0.226.